The lowest BCUT2D eigenvalue weighted by Crippen LogP contribution is -2.31. The Morgan fingerprint density at radius 1 is 0.491 bits per heavy atom. The van der Waals surface area contributed by atoms with Gasteiger partial charge in [0.1, 0.15) is 0 Å². The fraction of sp³-hybridized carbons (Fsp3) is 0.0588. The van der Waals surface area contributed by atoms with Crippen LogP contribution in [-0.4, -0.2) is 16.1 Å². The molecule has 55 heavy (non-hydrogen) atoms. The third kappa shape index (κ3) is 4.52. The molecule has 1 aromatic heterocycles. The van der Waals surface area contributed by atoms with E-state index < -0.39 is 0 Å². The Bertz CT molecular complexity index is 3090. The number of hydrogen-bond donors (Lipinski definition) is 0. The first kappa shape index (κ1) is 31.5. The van der Waals surface area contributed by atoms with Crippen LogP contribution in [0.15, 0.2) is 169 Å². The van der Waals surface area contributed by atoms with E-state index in [2.05, 4.69) is 145 Å². The molecule has 4 heteroatoms. The van der Waals surface area contributed by atoms with Gasteiger partial charge in [0.15, 0.2) is 11.6 Å². The number of fused-ring (bicyclic) bond motifs is 9. The van der Waals surface area contributed by atoms with Gasteiger partial charge in [0, 0.05) is 38.7 Å². The van der Waals surface area contributed by atoms with E-state index in [0.717, 1.165) is 44.2 Å². The van der Waals surface area contributed by atoms with Gasteiger partial charge in [0.25, 0.3) is 0 Å². The van der Waals surface area contributed by atoms with Crippen molar-refractivity contribution in [2.45, 2.75) is 19.3 Å². The van der Waals surface area contributed by atoms with E-state index in [0.29, 0.717) is 11.1 Å². The average Bonchev–Trinajstić information content (AvgIpc) is 3.66. The highest BCUT2D eigenvalue weighted by Crippen LogP contribution is 2.55. The first-order valence-electron chi connectivity index (χ1n) is 18.8. The van der Waals surface area contributed by atoms with E-state index in [9.17, 15) is 9.59 Å². The number of Topliss-reactive ketones (excluding diaryl/α,β-unsaturated/α-hetero) is 2. The van der Waals surface area contributed by atoms with E-state index in [1.807, 2.05) is 42.5 Å². The third-order valence-corrected chi connectivity index (χ3v) is 11.8. The molecular formula is C51H34N2O2. The molecule has 260 valence electrons. The van der Waals surface area contributed by atoms with Crippen molar-refractivity contribution in [3.8, 4) is 5.69 Å². The number of ketones is 2. The summed E-state index contributed by atoms with van der Waals surface area (Å²) in [5.74, 6) is -0.432. The first-order valence-corrected chi connectivity index (χ1v) is 18.8. The number of rotatable bonds is 3. The Kier molecular flexibility index (Phi) is 6.57. The number of carbonyl (C=O) groups excluding carboxylic acids is 2. The molecule has 2 aliphatic rings. The second-order valence-electron chi connectivity index (χ2n) is 15.3. The number of para-hydroxylation sites is 3. The van der Waals surface area contributed by atoms with Crippen molar-refractivity contribution < 1.29 is 9.59 Å². The topological polar surface area (TPSA) is 42.3 Å². The average molecular weight is 707 g/mol. The lowest BCUT2D eigenvalue weighted by Gasteiger charge is -2.43. The number of anilines is 3. The van der Waals surface area contributed by atoms with Gasteiger partial charge in [-0.15, -0.1) is 0 Å². The maximum atomic E-state index is 13.7. The smallest absolute Gasteiger partial charge is 0.197 e. The molecule has 0 amide bonds. The summed E-state index contributed by atoms with van der Waals surface area (Å²) >= 11 is 0. The van der Waals surface area contributed by atoms with Gasteiger partial charge in [-0.3, -0.25) is 9.59 Å². The molecule has 9 aromatic rings. The number of nitrogens with zero attached hydrogens (tertiary/aromatic N) is 2. The fourth-order valence-corrected chi connectivity index (χ4v) is 9.24. The second-order valence-corrected chi connectivity index (χ2v) is 15.3. The first-order chi connectivity index (χ1) is 26.9. The minimum atomic E-state index is -0.386. The molecule has 0 saturated heterocycles. The van der Waals surface area contributed by atoms with Crippen molar-refractivity contribution in [1.29, 1.82) is 0 Å². The molecule has 0 N–H and O–H groups in total. The predicted octanol–water partition coefficient (Wildman–Crippen LogP) is 12.7. The second kappa shape index (κ2) is 11.5. The van der Waals surface area contributed by atoms with Crippen LogP contribution in [0, 0.1) is 0 Å². The molecule has 4 nitrogen and oxygen atoms in total. The summed E-state index contributed by atoms with van der Waals surface area (Å²) in [4.78, 5) is 29.7. The van der Waals surface area contributed by atoms with E-state index >= 15 is 0 Å². The molecule has 0 atom stereocenters. The standard InChI is InChI=1S/C51H34N2O2/c1-51(2)43-30-46-39(38-19-11-12-20-44(38)52(46)35-15-5-3-6-16-35)29-47(43)53(36-17-7-4-8-18-36)45-24-22-34-25-31(21-23-37(34)48(45)51)26-42-49(54)40-27-32-13-9-10-14-33(32)28-41(40)50(42)55/h3-30H,1-2H3. The summed E-state index contributed by atoms with van der Waals surface area (Å²) in [7, 11) is 0. The Morgan fingerprint density at radius 3 is 1.84 bits per heavy atom. The quantitative estimate of drug-likeness (QED) is 0.136. The van der Waals surface area contributed by atoms with Crippen LogP contribution in [0.4, 0.5) is 17.1 Å². The van der Waals surface area contributed by atoms with Crippen LogP contribution in [0.3, 0.4) is 0 Å². The van der Waals surface area contributed by atoms with Crippen LogP contribution in [0.25, 0.3) is 55.1 Å². The lowest BCUT2D eigenvalue weighted by molar-refractivity contribution is 0.0990. The Hall–Kier alpha value is -7.04. The molecular weight excluding hydrogens is 673 g/mol. The van der Waals surface area contributed by atoms with Crippen molar-refractivity contribution in [1.82, 2.24) is 4.57 Å². The lowest BCUT2D eigenvalue weighted by atomic mass is 9.71. The largest absolute Gasteiger partial charge is 0.310 e. The van der Waals surface area contributed by atoms with Crippen molar-refractivity contribution in [3.05, 3.63) is 197 Å². The van der Waals surface area contributed by atoms with Gasteiger partial charge in [-0.1, -0.05) is 111 Å². The molecule has 8 aromatic carbocycles. The maximum absolute atomic E-state index is 13.7. The van der Waals surface area contributed by atoms with Crippen LogP contribution < -0.4 is 4.90 Å². The minimum absolute atomic E-state index is 0.213. The monoisotopic (exact) mass is 706 g/mol. The maximum Gasteiger partial charge on any atom is 0.197 e. The van der Waals surface area contributed by atoms with Crippen molar-refractivity contribution in [2.24, 2.45) is 0 Å². The summed E-state index contributed by atoms with van der Waals surface area (Å²) in [5.41, 5.74) is 10.9. The predicted molar refractivity (Wildman–Crippen MR) is 226 cm³/mol. The Morgan fingerprint density at radius 2 is 1.13 bits per heavy atom. The van der Waals surface area contributed by atoms with Gasteiger partial charge < -0.3 is 9.47 Å². The highest BCUT2D eigenvalue weighted by molar-refractivity contribution is 6.42. The molecule has 1 aliphatic heterocycles. The summed E-state index contributed by atoms with van der Waals surface area (Å²) in [6.45, 7) is 4.67. The van der Waals surface area contributed by atoms with Crippen molar-refractivity contribution in [2.75, 3.05) is 4.90 Å². The summed E-state index contributed by atoms with van der Waals surface area (Å²) in [6, 6.07) is 57.0. The van der Waals surface area contributed by atoms with Crippen molar-refractivity contribution >= 4 is 78.1 Å². The zero-order valence-electron chi connectivity index (χ0n) is 30.4. The van der Waals surface area contributed by atoms with Crippen LogP contribution >= 0.6 is 0 Å². The summed E-state index contributed by atoms with van der Waals surface area (Å²) < 4.78 is 2.39. The number of hydrogen-bond acceptors (Lipinski definition) is 3. The number of aromatic nitrogens is 1. The number of carbonyl (C=O) groups is 2. The highest BCUT2D eigenvalue weighted by Gasteiger charge is 2.39. The van der Waals surface area contributed by atoms with Gasteiger partial charge in [-0.25, -0.2) is 0 Å². The third-order valence-electron chi connectivity index (χ3n) is 11.8. The SMILES string of the molecule is CC1(C)c2cc3c(cc2N(c2ccccc2)c2ccc4cc(C=C5C(=O)c6cc7ccccc7cc6C5=O)ccc4c21)c1ccccc1n3-c1ccccc1. The van der Waals surface area contributed by atoms with E-state index in [-0.39, 0.29) is 22.6 Å². The normalized spacial score (nSPS) is 14.5. The van der Waals surface area contributed by atoms with Crippen LogP contribution in [0.5, 0.6) is 0 Å². The van der Waals surface area contributed by atoms with Crippen molar-refractivity contribution in [3.63, 3.8) is 0 Å². The van der Waals surface area contributed by atoms with Gasteiger partial charge in [0.05, 0.1) is 28.0 Å². The van der Waals surface area contributed by atoms with Crippen LogP contribution in [0.2, 0.25) is 0 Å². The zero-order chi connectivity index (χ0) is 37.0. The van der Waals surface area contributed by atoms with Gasteiger partial charge in [-0.2, -0.15) is 0 Å². The van der Waals surface area contributed by atoms with Gasteiger partial charge in [-0.05, 0) is 111 Å². The van der Waals surface area contributed by atoms with Gasteiger partial charge in [0.2, 0.25) is 0 Å². The Balaban J connectivity index is 1.11. The Labute approximate surface area is 318 Å². The van der Waals surface area contributed by atoms with Gasteiger partial charge >= 0.3 is 0 Å². The molecule has 2 heterocycles. The molecule has 0 bridgehead atoms. The number of benzene rings is 8. The molecule has 0 spiro atoms. The summed E-state index contributed by atoms with van der Waals surface area (Å²) in [6.07, 6.45) is 1.77. The zero-order valence-corrected chi connectivity index (χ0v) is 30.4. The van der Waals surface area contributed by atoms with E-state index in [1.165, 1.54) is 38.6 Å². The molecule has 1 aliphatic carbocycles. The molecule has 0 unspecified atom stereocenters. The molecule has 11 rings (SSSR count). The number of allylic oxidation sites excluding steroid dienone is 1. The van der Waals surface area contributed by atoms with Crippen LogP contribution in [-0.2, 0) is 5.41 Å². The molecule has 0 saturated carbocycles. The van der Waals surface area contributed by atoms with Crippen LogP contribution in [0.1, 0.15) is 51.3 Å². The van der Waals surface area contributed by atoms with E-state index in [1.54, 1.807) is 6.08 Å². The molecule has 0 radical (unpaired) electrons. The van der Waals surface area contributed by atoms with E-state index in [4.69, 9.17) is 0 Å². The fourth-order valence-electron chi connectivity index (χ4n) is 9.24. The highest BCUT2D eigenvalue weighted by atomic mass is 16.2. The molecule has 0 fully saturated rings. The summed E-state index contributed by atoms with van der Waals surface area (Å²) in [5, 5.41) is 6.53. The minimum Gasteiger partial charge on any atom is -0.310 e.